The Morgan fingerprint density at radius 3 is 2.72 bits per heavy atom. The van der Waals surface area contributed by atoms with E-state index in [1.807, 2.05) is 0 Å². The predicted molar refractivity (Wildman–Crippen MR) is 61.5 cm³/mol. The average Bonchev–Trinajstić information content (AvgIpc) is 2.25. The molecule has 1 atom stereocenters. The molecule has 1 aromatic heterocycles. The lowest BCUT2D eigenvalue weighted by atomic mass is 9.81. The summed E-state index contributed by atoms with van der Waals surface area (Å²) in [4.78, 5) is 9.42. The summed E-state index contributed by atoms with van der Waals surface area (Å²) in [5, 5.41) is 0. The minimum atomic E-state index is -2.88. The van der Waals surface area contributed by atoms with Crippen molar-refractivity contribution in [2.24, 2.45) is 0 Å². The molecule has 2 fully saturated rings. The van der Waals surface area contributed by atoms with Gasteiger partial charge < -0.3 is 15.4 Å². The average molecular weight is 256 g/mol. The molecular formula is C11H14F2N4O. The number of aromatic nitrogens is 2. The van der Waals surface area contributed by atoms with Crippen LogP contribution < -0.4 is 10.6 Å². The zero-order chi connectivity index (χ0) is 12.8. The number of anilines is 2. The van der Waals surface area contributed by atoms with Gasteiger partial charge >= 0.3 is 0 Å². The highest BCUT2D eigenvalue weighted by atomic mass is 19.3. The first kappa shape index (κ1) is 11.6. The largest absolute Gasteiger partial charge is 0.384 e. The van der Waals surface area contributed by atoms with Crippen molar-refractivity contribution in [3.05, 3.63) is 12.3 Å². The van der Waals surface area contributed by atoms with E-state index in [0.29, 0.717) is 19.6 Å². The smallest absolute Gasteiger partial charge is 0.293 e. The molecule has 3 heterocycles. The Bertz CT molecular complexity index is 464. The number of piperidine rings is 1. The standard InChI is InChI=1S/C11H14F2N4O/c12-11(13)7-17(5-2-10(11)3-6-18-10)9-15-4-1-8(14)16-9/h1,4H,2-3,5-7H2,(H2,14,15,16). The van der Waals surface area contributed by atoms with Crippen molar-refractivity contribution in [2.75, 3.05) is 30.3 Å². The van der Waals surface area contributed by atoms with Crippen molar-refractivity contribution < 1.29 is 13.5 Å². The molecule has 2 aliphatic heterocycles. The van der Waals surface area contributed by atoms with E-state index in [9.17, 15) is 8.78 Å². The topological polar surface area (TPSA) is 64.3 Å². The fourth-order valence-corrected chi connectivity index (χ4v) is 2.48. The maximum atomic E-state index is 14.1. The Balaban J connectivity index is 1.82. The van der Waals surface area contributed by atoms with Crippen LogP contribution in [0.4, 0.5) is 20.5 Å². The van der Waals surface area contributed by atoms with Gasteiger partial charge in [0, 0.05) is 25.6 Å². The van der Waals surface area contributed by atoms with Gasteiger partial charge in [0.15, 0.2) is 0 Å². The summed E-state index contributed by atoms with van der Waals surface area (Å²) >= 11 is 0. The van der Waals surface area contributed by atoms with Gasteiger partial charge in [0.2, 0.25) is 5.95 Å². The molecule has 1 aromatic rings. The molecule has 98 valence electrons. The maximum Gasteiger partial charge on any atom is 0.293 e. The molecule has 7 heteroatoms. The third kappa shape index (κ3) is 1.61. The van der Waals surface area contributed by atoms with Gasteiger partial charge in [-0.15, -0.1) is 0 Å². The van der Waals surface area contributed by atoms with E-state index in [-0.39, 0.29) is 18.2 Å². The molecule has 0 amide bonds. The molecule has 1 spiro atoms. The molecule has 0 radical (unpaired) electrons. The number of alkyl halides is 2. The SMILES string of the molecule is Nc1ccnc(N2CCC3(CCO3)C(F)(F)C2)n1. The van der Waals surface area contributed by atoms with E-state index < -0.39 is 18.1 Å². The molecule has 3 rings (SSSR count). The molecule has 2 aliphatic rings. The van der Waals surface area contributed by atoms with Gasteiger partial charge in [0.25, 0.3) is 5.92 Å². The van der Waals surface area contributed by atoms with Gasteiger partial charge in [-0.25, -0.2) is 13.8 Å². The quantitative estimate of drug-likeness (QED) is 0.814. The second kappa shape index (κ2) is 3.74. The Morgan fingerprint density at radius 2 is 2.17 bits per heavy atom. The highest BCUT2D eigenvalue weighted by Crippen LogP contribution is 2.47. The fraction of sp³-hybridized carbons (Fsp3) is 0.636. The summed E-state index contributed by atoms with van der Waals surface area (Å²) in [5.41, 5.74) is 4.27. The minimum Gasteiger partial charge on any atom is -0.384 e. The van der Waals surface area contributed by atoms with E-state index >= 15 is 0 Å². The molecule has 18 heavy (non-hydrogen) atoms. The van der Waals surface area contributed by atoms with E-state index in [2.05, 4.69) is 9.97 Å². The van der Waals surface area contributed by atoms with Gasteiger partial charge in [-0.1, -0.05) is 0 Å². The van der Waals surface area contributed by atoms with Crippen LogP contribution in [0.15, 0.2) is 12.3 Å². The number of nitrogens with two attached hydrogens (primary N) is 1. The van der Waals surface area contributed by atoms with Crippen molar-refractivity contribution in [1.29, 1.82) is 0 Å². The summed E-state index contributed by atoms with van der Waals surface area (Å²) < 4.78 is 33.3. The van der Waals surface area contributed by atoms with Crippen LogP contribution in [-0.4, -0.2) is 41.2 Å². The Labute approximate surface area is 103 Å². The maximum absolute atomic E-state index is 14.1. The molecule has 1 unspecified atom stereocenters. The molecule has 0 aromatic carbocycles. The molecule has 5 nitrogen and oxygen atoms in total. The van der Waals surface area contributed by atoms with E-state index in [0.717, 1.165) is 0 Å². The van der Waals surface area contributed by atoms with Crippen LogP contribution in [0.3, 0.4) is 0 Å². The third-order valence-electron chi connectivity index (χ3n) is 3.67. The lowest BCUT2D eigenvalue weighted by molar-refractivity contribution is -0.276. The number of nitrogens with zero attached hydrogens (tertiary/aromatic N) is 3. The summed E-state index contributed by atoms with van der Waals surface area (Å²) in [6, 6.07) is 1.53. The van der Waals surface area contributed by atoms with Crippen molar-refractivity contribution in [3.63, 3.8) is 0 Å². The van der Waals surface area contributed by atoms with Crippen LogP contribution in [0.5, 0.6) is 0 Å². The summed E-state index contributed by atoms with van der Waals surface area (Å²) in [7, 11) is 0. The van der Waals surface area contributed by atoms with E-state index in [1.165, 1.54) is 17.2 Å². The highest BCUT2D eigenvalue weighted by Gasteiger charge is 2.61. The summed E-state index contributed by atoms with van der Waals surface area (Å²) in [6.45, 7) is 0.458. The number of nitrogen functional groups attached to an aromatic ring is 1. The van der Waals surface area contributed by atoms with Gasteiger partial charge in [0.05, 0.1) is 13.2 Å². The van der Waals surface area contributed by atoms with Crippen LogP contribution in [0, 0.1) is 0 Å². The molecule has 2 saturated heterocycles. The van der Waals surface area contributed by atoms with Crippen molar-refractivity contribution in [1.82, 2.24) is 9.97 Å². The van der Waals surface area contributed by atoms with Crippen LogP contribution >= 0.6 is 0 Å². The molecule has 0 saturated carbocycles. The second-order valence-electron chi connectivity index (χ2n) is 4.75. The summed E-state index contributed by atoms with van der Waals surface area (Å²) in [6.07, 6.45) is 2.18. The third-order valence-corrected chi connectivity index (χ3v) is 3.67. The van der Waals surface area contributed by atoms with Crippen LogP contribution in [0.25, 0.3) is 0 Å². The summed E-state index contributed by atoms with van der Waals surface area (Å²) in [5.74, 6) is -2.34. The van der Waals surface area contributed by atoms with Gasteiger partial charge in [-0.2, -0.15) is 4.98 Å². The molecular weight excluding hydrogens is 242 g/mol. The first-order chi connectivity index (χ1) is 8.52. The zero-order valence-electron chi connectivity index (χ0n) is 9.77. The van der Waals surface area contributed by atoms with E-state index in [1.54, 1.807) is 0 Å². The highest BCUT2D eigenvalue weighted by molar-refractivity contribution is 5.39. The number of rotatable bonds is 1. The van der Waals surface area contributed by atoms with Gasteiger partial charge in [-0.3, -0.25) is 0 Å². The zero-order valence-corrected chi connectivity index (χ0v) is 9.77. The predicted octanol–water partition coefficient (Wildman–Crippen LogP) is 1.06. The van der Waals surface area contributed by atoms with Crippen molar-refractivity contribution >= 4 is 11.8 Å². The van der Waals surface area contributed by atoms with Crippen molar-refractivity contribution in [3.8, 4) is 0 Å². The number of halogens is 2. The molecule has 2 N–H and O–H groups in total. The van der Waals surface area contributed by atoms with E-state index in [4.69, 9.17) is 10.5 Å². The lowest BCUT2D eigenvalue weighted by Crippen LogP contribution is -2.66. The Hall–Kier alpha value is -1.50. The van der Waals surface area contributed by atoms with Gasteiger partial charge in [0.1, 0.15) is 11.4 Å². The first-order valence-corrected chi connectivity index (χ1v) is 5.88. The minimum absolute atomic E-state index is 0.254. The van der Waals surface area contributed by atoms with Crippen molar-refractivity contribution in [2.45, 2.75) is 24.4 Å². The van der Waals surface area contributed by atoms with Crippen LogP contribution in [0.1, 0.15) is 12.8 Å². The first-order valence-electron chi connectivity index (χ1n) is 5.88. The Kier molecular flexibility index (Phi) is 2.41. The molecule has 0 bridgehead atoms. The Morgan fingerprint density at radius 1 is 1.39 bits per heavy atom. The number of hydrogen-bond acceptors (Lipinski definition) is 5. The monoisotopic (exact) mass is 256 g/mol. The number of hydrogen-bond donors (Lipinski definition) is 1. The van der Waals surface area contributed by atoms with Crippen LogP contribution in [-0.2, 0) is 4.74 Å². The lowest BCUT2D eigenvalue weighted by Gasteiger charge is -2.52. The second-order valence-corrected chi connectivity index (χ2v) is 4.75. The van der Waals surface area contributed by atoms with Gasteiger partial charge in [-0.05, 0) is 6.07 Å². The normalized spacial score (nSPS) is 30.2. The fourth-order valence-electron chi connectivity index (χ4n) is 2.48. The molecule has 0 aliphatic carbocycles. The number of ether oxygens (including phenoxy) is 1. The van der Waals surface area contributed by atoms with Crippen LogP contribution in [0.2, 0.25) is 0 Å².